The van der Waals surface area contributed by atoms with Gasteiger partial charge >= 0.3 is 5.92 Å². The number of ether oxygens (including phenoxy) is 1. The highest BCUT2D eigenvalue weighted by atomic mass is 19.3. The minimum Gasteiger partial charge on any atom is -0.495 e. The molecule has 0 aliphatic rings. The third kappa shape index (κ3) is 5.02. The van der Waals surface area contributed by atoms with Crippen molar-refractivity contribution < 1.29 is 18.3 Å². The number of carbonyl (C=O) groups excluding carboxylic acids is 1. The molecule has 0 aromatic carbocycles. The van der Waals surface area contributed by atoms with Crippen molar-refractivity contribution in [3.05, 3.63) is 48.2 Å². The fraction of sp³-hybridized carbons (Fsp3) is 0.250. The molecule has 1 amide bonds. The second-order valence-electron chi connectivity index (χ2n) is 6.61. The van der Waals surface area contributed by atoms with E-state index < -0.39 is 11.7 Å². The molecule has 0 bridgehead atoms. The van der Waals surface area contributed by atoms with Crippen LogP contribution in [-0.4, -0.2) is 33.0 Å². The normalized spacial score (nSPS) is 11.1. The van der Waals surface area contributed by atoms with Crippen LogP contribution in [-0.2, 0) is 10.7 Å². The number of amides is 1. The molecule has 0 saturated heterocycles. The summed E-state index contributed by atoms with van der Waals surface area (Å²) in [4.78, 5) is 27.7. The molecule has 2 N–H and O–H groups in total. The van der Waals surface area contributed by atoms with Crippen molar-refractivity contribution in [1.82, 2.24) is 19.9 Å². The number of pyridine rings is 2. The Morgan fingerprint density at radius 1 is 1.10 bits per heavy atom. The van der Waals surface area contributed by atoms with Crippen LogP contribution in [0.5, 0.6) is 5.75 Å². The van der Waals surface area contributed by atoms with Gasteiger partial charge in [-0.2, -0.15) is 8.78 Å². The zero-order chi connectivity index (χ0) is 21.9. The Morgan fingerprint density at radius 2 is 1.87 bits per heavy atom. The van der Waals surface area contributed by atoms with E-state index in [1.54, 1.807) is 37.4 Å². The minimum atomic E-state index is -3.19. The van der Waals surface area contributed by atoms with E-state index in [1.165, 1.54) is 20.2 Å². The topological polar surface area (TPSA) is 102 Å². The van der Waals surface area contributed by atoms with E-state index in [0.717, 1.165) is 6.92 Å². The molecule has 3 aromatic heterocycles. The first-order valence-corrected chi connectivity index (χ1v) is 8.95. The zero-order valence-electron chi connectivity index (χ0n) is 16.8. The van der Waals surface area contributed by atoms with Crippen LogP contribution in [0, 0.1) is 6.92 Å². The molecule has 156 valence electrons. The standard InChI is InChI=1S/C20H20F2N6O2/c1-11-7-18(28-19(25-11)20(3,21)22)27-16-8-17(26-12(2)29)24-10-14(16)15-6-5-13(30-4)9-23-15/h5-10H,1-4H3,(H2,24,25,26,27,28,29). The monoisotopic (exact) mass is 414 g/mol. The number of nitrogens with zero attached hydrogens (tertiary/aromatic N) is 4. The smallest absolute Gasteiger partial charge is 0.303 e. The summed E-state index contributed by atoms with van der Waals surface area (Å²) in [5, 5.41) is 5.61. The first kappa shape index (κ1) is 21.0. The summed E-state index contributed by atoms with van der Waals surface area (Å²) in [6, 6.07) is 6.58. The Morgan fingerprint density at radius 3 is 2.47 bits per heavy atom. The lowest BCUT2D eigenvalue weighted by atomic mass is 10.1. The minimum absolute atomic E-state index is 0.175. The first-order valence-electron chi connectivity index (χ1n) is 8.95. The number of aromatic nitrogens is 4. The lowest BCUT2D eigenvalue weighted by Crippen LogP contribution is -2.14. The molecule has 3 aromatic rings. The van der Waals surface area contributed by atoms with Gasteiger partial charge in [0.05, 0.1) is 24.7 Å². The maximum absolute atomic E-state index is 13.7. The van der Waals surface area contributed by atoms with Gasteiger partial charge in [-0.3, -0.25) is 9.78 Å². The Labute approximate surface area is 171 Å². The van der Waals surface area contributed by atoms with Crippen LogP contribution in [0.1, 0.15) is 25.4 Å². The highest BCUT2D eigenvalue weighted by Crippen LogP contribution is 2.32. The second-order valence-corrected chi connectivity index (χ2v) is 6.61. The Hall–Kier alpha value is -3.69. The summed E-state index contributed by atoms with van der Waals surface area (Å²) in [5.41, 5.74) is 1.99. The average Bonchev–Trinajstić information content (AvgIpc) is 2.67. The van der Waals surface area contributed by atoms with Gasteiger partial charge in [0.15, 0.2) is 0 Å². The predicted molar refractivity (Wildman–Crippen MR) is 108 cm³/mol. The molecule has 0 aliphatic heterocycles. The van der Waals surface area contributed by atoms with Crippen LogP contribution in [0.2, 0.25) is 0 Å². The first-order chi connectivity index (χ1) is 14.2. The maximum Gasteiger partial charge on any atom is 0.303 e. The van der Waals surface area contributed by atoms with Crippen molar-refractivity contribution in [3.63, 3.8) is 0 Å². The number of anilines is 3. The third-order valence-electron chi connectivity index (χ3n) is 3.97. The zero-order valence-corrected chi connectivity index (χ0v) is 16.8. The number of hydrogen-bond donors (Lipinski definition) is 2. The number of methoxy groups -OCH3 is 1. The van der Waals surface area contributed by atoms with Gasteiger partial charge in [0.25, 0.3) is 0 Å². The van der Waals surface area contributed by atoms with Gasteiger partial charge in [-0.15, -0.1) is 0 Å². The van der Waals surface area contributed by atoms with Crippen molar-refractivity contribution in [2.24, 2.45) is 0 Å². The van der Waals surface area contributed by atoms with Crippen molar-refractivity contribution in [3.8, 4) is 17.0 Å². The summed E-state index contributed by atoms with van der Waals surface area (Å²) in [6.07, 6.45) is 3.07. The number of alkyl halides is 2. The van der Waals surface area contributed by atoms with E-state index in [2.05, 4.69) is 30.6 Å². The van der Waals surface area contributed by atoms with Crippen LogP contribution < -0.4 is 15.4 Å². The van der Waals surface area contributed by atoms with Crippen LogP contribution in [0.25, 0.3) is 11.3 Å². The average molecular weight is 414 g/mol. The molecule has 3 rings (SSSR count). The molecular formula is C20H20F2N6O2. The SMILES string of the molecule is COc1ccc(-c2cnc(NC(C)=O)cc2Nc2cc(C)nc(C(C)(F)F)n2)nc1. The largest absolute Gasteiger partial charge is 0.495 e. The molecule has 0 atom stereocenters. The molecule has 0 saturated carbocycles. The molecule has 10 heteroatoms. The Balaban J connectivity index is 2.06. The van der Waals surface area contributed by atoms with E-state index in [1.807, 2.05) is 0 Å². The third-order valence-corrected chi connectivity index (χ3v) is 3.97. The second kappa shape index (κ2) is 8.36. The highest BCUT2D eigenvalue weighted by Gasteiger charge is 2.29. The molecule has 0 radical (unpaired) electrons. The molecule has 8 nitrogen and oxygen atoms in total. The van der Waals surface area contributed by atoms with Gasteiger partial charge in [-0.25, -0.2) is 15.0 Å². The van der Waals surface area contributed by atoms with Crippen molar-refractivity contribution in [2.75, 3.05) is 17.7 Å². The quantitative estimate of drug-likeness (QED) is 0.627. The van der Waals surface area contributed by atoms with Gasteiger partial charge < -0.3 is 15.4 Å². The van der Waals surface area contributed by atoms with Crippen molar-refractivity contribution >= 4 is 23.2 Å². The molecule has 0 unspecified atom stereocenters. The molecule has 0 fully saturated rings. The van der Waals surface area contributed by atoms with E-state index in [4.69, 9.17) is 4.74 Å². The van der Waals surface area contributed by atoms with Gasteiger partial charge in [0.1, 0.15) is 17.4 Å². The molecule has 0 spiro atoms. The molecule has 0 aliphatic carbocycles. The van der Waals surface area contributed by atoms with Crippen LogP contribution in [0.15, 0.2) is 36.7 Å². The summed E-state index contributed by atoms with van der Waals surface area (Å²) in [6.45, 7) is 3.69. The van der Waals surface area contributed by atoms with E-state index in [-0.39, 0.29) is 17.5 Å². The van der Waals surface area contributed by atoms with Crippen LogP contribution >= 0.6 is 0 Å². The number of carbonyl (C=O) groups is 1. The summed E-state index contributed by atoms with van der Waals surface area (Å²) in [7, 11) is 1.53. The number of halogens is 2. The molecular weight excluding hydrogens is 394 g/mol. The fourth-order valence-electron chi connectivity index (χ4n) is 2.64. The van der Waals surface area contributed by atoms with Gasteiger partial charge in [0, 0.05) is 43.4 Å². The van der Waals surface area contributed by atoms with Crippen LogP contribution in [0.4, 0.5) is 26.1 Å². The molecule has 30 heavy (non-hydrogen) atoms. The van der Waals surface area contributed by atoms with Gasteiger partial charge in [-0.05, 0) is 19.1 Å². The number of nitrogens with one attached hydrogen (secondary N) is 2. The Kier molecular flexibility index (Phi) is 5.86. The van der Waals surface area contributed by atoms with Crippen molar-refractivity contribution in [1.29, 1.82) is 0 Å². The van der Waals surface area contributed by atoms with E-state index in [9.17, 15) is 13.6 Å². The number of aryl methyl sites for hydroxylation is 1. The number of hydrogen-bond acceptors (Lipinski definition) is 7. The Bertz CT molecular complexity index is 1070. The predicted octanol–water partition coefficient (Wildman–Crippen LogP) is 4.06. The van der Waals surface area contributed by atoms with Crippen molar-refractivity contribution in [2.45, 2.75) is 26.7 Å². The van der Waals surface area contributed by atoms with Gasteiger partial charge in [-0.1, -0.05) is 0 Å². The molecule has 3 heterocycles. The fourth-order valence-corrected chi connectivity index (χ4v) is 2.64. The maximum atomic E-state index is 13.7. The van der Waals surface area contributed by atoms with Crippen LogP contribution in [0.3, 0.4) is 0 Å². The summed E-state index contributed by atoms with van der Waals surface area (Å²) >= 11 is 0. The highest BCUT2D eigenvalue weighted by molar-refractivity contribution is 5.89. The van der Waals surface area contributed by atoms with Gasteiger partial charge in [0.2, 0.25) is 11.7 Å². The lowest BCUT2D eigenvalue weighted by molar-refractivity contribution is -0.114. The summed E-state index contributed by atoms with van der Waals surface area (Å²) < 4.78 is 32.6. The van der Waals surface area contributed by atoms with E-state index in [0.29, 0.717) is 28.4 Å². The summed E-state index contributed by atoms with van der Waals surface area (Å²) in [5.74, 6) is -3.04. The number of rotatable bonds is 6. The lowest BCUT2D eigenvalue weighted by Gasteiger charge is -2.15. The van der Waals surface area contributed by atoms with E-state index >= 15 is 0 Å².